The van der Waals surface area contributed by atoms with E-state index in [1.54, 1.807) is 12.1 Å². The number of hydrogen-bond donors (Lipinski definition) is 3. The van der Waals surface area contributed by atoms with Crippen LogP contribution < -0.4 is 11.3 Å². The maximum atomic E-state index is 8.94. The largest absolute Gasteiger partial charge is 0.508 e. The van der Waals surface area contributed by atoms with Crippen LogP contribution in [0.1, 0.15) is 0 Å². The molecule has 0 aromatic carbocycles. The van der Waals surface area contributed by atoms with E-state index < -0.39 is 7.12 Å². The molecule has 0 aliphatic carbocycles. The molecule has 13 heavy (non-hydrogen) atoms. The van der Waals surface area contributed by atoms with Crippen molar-refractivity contribution in [2.75, 3.05) is 5.73 Å². The van der Waals surface area contributed by atoms with Gasteiger partial charge in [-0.25, -0.2) is 9.50 Å². The van der Waals surface area contributed by atoms with Crippen molar-refractivity contribution in [2.24, 2.45) is 0 Å². The van der Waals surface area contributed by atoms with Crippen molar-refractivity contribution in [3.63, 3.8) is 0 Å². The molecule has 0 bridgehead atoms. The zero-order valence-electron chi connectivity index (χ0n) is 6.62. The van der Waals surface area contributed by atoms with Crippen LogP contribution in [0.2, 0.25) is 0 Å². The van der Waals surface area contributed by atoms with Crippen LogP contribution in [-0.2, 0) is 0 Å². The van der Waals surface area contributed by atoms with Crippen molar-refractivity contribution in [3.05, 3.63) is 18.3 Å². The molecule has 2 heterocycles. The number of nitrogens with zero attached hydrogens (tertiary/aromatic N) is 3. The first kappa shape index (κ1) is 8.02. The number of fused-ring (bicyclic) bond motifs is 1. The summed E-state index contributed by atoms with van der Waals surface area (Å²) in [5.41, 5.74) is 6.28. The van der Waals surface area contributed by atoms with Crippen molar-refractivity contribution in [1.82, 2.24) is 14.6 Å². The van der Waals surface area contributed by atoms with Crippen LogP contribution in [0.4, 0.5) is 5.95 Å². The number of nitrogen functional groups attached to an aromatic ring is 1. The fourth-order valence-electron chi connectivity index (χ4n) is 1.13. The lowest BCUT2D eigenvalue weighted by Crippen LogP contribution is -2.34. The molecule has 4 N–H and O–H groups in total. The molecule has 0 saturated carbocycles. The Kier molecular flexibility index (Phi) is 1.68. The standard InChI is InChI=1S/C6H7BN4O2/c8-6-9-3-4-1-2-5(7(12)13)11(4)10-6/h1-3,12-13H,(H2,8,10). The zero-order valence-corrected chi connectivity index (χ0v) is 6.62. The van der Waals surface area contributed by atoms with Crippen LogP contribution in [0.3, 0.4) is 0 Å². The minimum Gasteiger partial charge on any atom is -0.422 e. The Morgan fingerprint density at radius 2 is 2.15 bits per heavy atom. The Morgan fingerprint density at radius 3 is 2.85 bits per heavy atom. The monoisotopic (exact) mass is 178 g/mol. The average molecular weight is 178 g/mol. The van der Waals surface area contributed by atoms with E-state index in [-0.39, 0.29) is 11.5 Å². The van der Waals surface area contributed by atoms with Crippen molar-refractivity contribution < 1.29 is 10.0 Å². The van der Waals surface area contributed by atoms with Gasteiger partial charge in [-0.3, -0.25) is 0 Å². The molecule has 6 nitrogen and oxygen atoms in total. The molecule has 0 aliphatic rings. The molecule has 0 radical (unpaired) electrons. The SMILES string of the molecule is Nc1ncc2ccc(B(O)O)n2n1. The van der Waals surface area contributed by atoms with E-state index in [2.05, 4.69) is 10.1 Å². The third-order valence-electron chi connectivity index (χ3n) is 1.71. The fraction of sp³-hybridized carbons (Fsp3) is 0. The summed E-state index contributed by atoms with van der Waals surface area (Å²) in [7, 11) is -1.56. The first-order chi connectivity index (χ1) is 6.18. The minimum atomic E-state index is -1.56. The topological polar surface area (TPSA) is 96.7 Å². The zero-order chi connectivity index (χ0) is 9.42. The highest BCUT2D eigenvalue weighted by atomic mass is 16.4. The number of nitrogens with two attached hydrogens (primary N) is 1. The van der Waals surface area contributed by atoms with Gasteiger partial charge in [0.2, 0.25) is 5.95 Å². The molecule has 0 fully saturated rings. The summed E-state index contributed by atoms with van der Waals surface area (Å²) in [6, 6.07) is 3.22. The van der Waals surface area contributed by atoms with Crippen LogP contribution in [0, 0.1) is 0 Å². The second-order valence-corrected chi connectivity index (χ2v) is 2.58. The van der Waals surface area contributed by atoms with Crippen LogP contribution >= 0.6 is 0 Å². The van der Waals surface area contributed by atoms with Crippen molar-refractivity contribution in [1.29, 1.82) is 0 Å². The Labute approximate surface area is 73.8 Å². The fourth-order valence-corrected chi connectivity index (χ4v) is 1.13. The highest BCUT2D eigenvalue weighted by Crippen LogP contribution is 1.99. The highest BCUT2D eigenvalue weighted by molar-refractivity contribution is 6.57. The van der Waals surface area contributed by atoms with Crippen LogP contribution in [0.15, 0.2) is 18.3 Å². The van der Waals surface area contributed by atoms with Crippen LogP contribution in [0.5, 0.6) is 0 Å². The van der Waals surface area contributed by atoms with Gasteiger partial charge < -0.3 is 15.8 Å². The van der Waals surface area contributed by atoms with E-state index in [4.69, 9.17) is 15.8 Å². The Morgan fingerprint density at radius 1 is 1.38 bits per heavy atom. The second kappa shape index (κ2) is 2.72. The second-order valence-electron chi connectivity index (χ2n) is 2.58. The molecule has 0 atom stereocenters. The van der Waals surface area contributed by atoms with Crippen molar-refractivity contribution in [2.45, 2.75) is 0 Å². The first-order valence-electron chi connectivity index (χ1n) is 3.65. The Balaban J connectivity index is 2.71. The van der Waals surface area contributed by atoms with Gasteiger partial charge in [-0.15, -0.1) is 5.10 Å². The van der Waals surface area contributed by atoms with Gasteiger partial charge in [-0.1, -0.05) is 0 Å². The third kappa shape index (κ3) is 1.23. The predicted molar refractivity (Wildman–Crippen MR) is 47.2 cm³/mol. The number of hydrogen-bond acceptors (Lipinski definition) is 5. The maximum Gasteiger partial charge on any atom is 0.508 e. The highest BCUT2D eigenvalue weighted by Gasteiger charge is 2.16. The number of rotatable bonds is 1. The van der Waals surface area contributed by atoms with Gasteiger partial charge in [0.15, 0.2) is 0 Å². The van der Waals surface area contributed by atoms with Gasteiger partial charge in [0, 0.05) is 0 Å². The molecular weight excluding hydrogens is 171 g/mol. The molecular formula is C6H7BN4O2. The van der Waals surface area contributed by atoms with Crippen molar-refractivity contribution in [3.8, 4) is 0 Å². The van der Waals surface area contributed by atoms with Gasteiger partial charge in [-0.2, -0.15) is 0 Å². The van der Waals surface area contributed by atoms with Gasteiger partial charge >= 0.3 is 7.12 Å². The lowest BCUT2D eigenvalue weighted by atomic mass is 9.87. The quantitative estimate of drug-likeness (QED) is 0.438. The van der Waals surface area contributed by atoms with E-state index in [9.17, 15) is 0 Å². The number of anilines is 1. The molecule has 2 aromatic rings. The van der Waals surface area contributed by atoms with Gasteiger partial charge in [-0.05, 0) is 12.1 Å². The van der Waals surface area contributed by atoms with E-state index in [0.29, 0.717) is 5.52 Å². The van der Waals surface area contributed by atoms with Crippen LogP contribution in [-0.4, -0.2) is 31.8 Å². The summed E-state index contributed by atoms with van der Waals surface area (Å²) >= 11 is 0. The first-order valence-corrected chi connectivity index (χ1v) is 3.65. The number of aromatic nitrogens is 3. The molecule has 66 valence electrons. The summed E-state index contributed by atoms with van der Waals surface area (Å²) in [6.07, 6.45) is 1.51. The Bertz CT molecular complexity index is 441. The minimum absolute atomic E-state index is 0.0885. The predicted octanol–water partition coefficient (Wildman–Crippen LogP) is -2.01. The van der Waals surface area contributed by atoms with Gasteiger partial charge in [0.05, 0.1) is 17.3 Å². The molecule has 0 aliphatic heterocycles. The van der Waals surface area contributed by atoms with E-state index >= 15 is 0 Å². The van der Waals surface area contributed by atoms with E-state index in [1.165, 1.54) is 10.7 Å². The van der Waals surface area contributed by atoms with Crippen molar-refractivity contribution >= 4 is 24.2 Å². The summed E-state index contributed by atoms with van der Waals surface area (Å²) in [5, 5.41) is 21.7. The third-order valence-corrected chi connectivity index (χ3v) is 1.71. The molecule has 0 saturated heterocycles. The van der Waals surface area contributed by atoms with E-state index in [1.807, 2.05) is 0 Å². The Hall–Kier alpha value is -1.60. The van der Waals surface area contributed by atoms with Gasteiger partial charge in [0.25, 0.3) is 0 Å². The maximum absolute atomic E-state index is 8.94. The summed E-state index contributed by atoms with van der Waals surface area (Å²) in [4.78, 5) is 3.76. The molecule has 0 amide bonds. The lowest BCUT2D eigenvalue weighted by Gasteiger charge is -1.99. The normalized spacial score (nSPS) is 10.6. The van der Waals surface area contributed by atoms with Crippen LogP contribution in [0.25, 0.3) is 5.52 Å². The average Bonchev–Trinajstić information content (AvgIpc) is 2.46. The summed E-state index contributed by atoms with van der Waals surface area (Å²) in [5.74, 6) is 0.0885. The molecule has 7 heteroatoms. The lowest BCUT2D eigenvalue weighted by molar-refractivity contribution is 0.423. The smallest absolute Gasteiger partial charge is 0.422 e. The molecule has 0 unspecified atom stereocenters. The summed E-state index contributed by atoms with van der Waals surface area (Å²) in [6.45, 7) is 0. The van der Waals surface area contributed by atoms with E-state index in [0.717, 1.165) is 0 Å². The molecule has 2 aromatic heterocycles. The molecule has 2 rings (SSSR count). The summed E-state index contributed by atoms with van der Waals surface area (Å²) < 4.78 is 1.34. The van der Waals surface area contributed by atoms with Gasteiger partial charge in [0.1, 0.15) is 0 Å². The molecule has 0 spiro atoms.